The van der Waals surface area contributed by atoms with Crippen molar-refractivity contribution in [3.63, 3.8) is 0 Å². The minimum atomic E-state index is -0.483. The third kappa shape index (κ3) is 4.97. The number of benzene rings is 2. The predicted octanol–water partition coefficient (Wildman–Crippen LogP) is 4.56. The summed E-state index contributed by atoms with van der Waals surface area (Å²) in [5.41, 5.74) is 2.79. The van der Waals surface area contributed by atoms with Crippen LogP contribution in [0.25, 0.3) is 11.0 Å². The third-order valence-electron chi connectivity index (χ3n) is 4.86. The minimum absolute atomic E-state index is 0.211. The summed E-state index contributed by atoms with van der Waals surface area (Å²) in [7, 11) is 2.12. The van der Waals surface area contributed by atoms with E-state index in [1.54, 1.807) is 23.5 Å². The van der Waals surface area contributed by atoms with Crippen LogP contribution in [0.15, 0.2) is 75.3 Å². The van der Waals surface area contributed by atoms with Gasteiger partial charge in [0.2, 0.25) is 0 Å². The summed E-state index contributed by atoms with van der Waals surface area (Å²) >= 11 is 1.78. The summed E-state index contributed by atoms with van der Waals surface area (Å²) in [6.07, 6.45) is 0. The van der Waals surface area contributed by atoms with Gasteiger partial charge in [-0.15, -0.1) is 11.3 Å². The molecule has 0 fully saturated rings. The van der Waals surface area contributed by atoms with Crippen LogP contribution in [-0.2, 0) is 26.3 Å². The van der Waals surface area contributed by atoms with Gasteiger partial charge in [0.05, 0.1) is 6.61 Å². The Kier molecular flexibility index (Phi) is 6.28. The summed E-state index contributed by atoms with van der Waals surface area (Å²) < 4.78 is 11.1. The molecule has 6 heteroatoms. The number of aliphatic hydroxyl groups excluding tert-OH is 1. The van der Waals surface area contributed by atoms with Gasteiger partial charge < -0.3 is 14.3 Å². The molecule has 0 unspecified atom stereocenters. The molecular weight excluding hydrogens is 398 g/mol. The number of nitrogens with zero attached hydrogens (tertiary/aromatic N) is 1. The molecule has 0 radical (unpaired) electrons. The first-order valence-electron chi connectivity index (χ1n) is 9.70. The van der Waals surface area contributed by atoms with E-state index in [-0.39, 0.29) is 6.61 Å². The van der Waals surface area contributed by atoms with Crippen molar-refractivity contribution in [2.24, 2.45) is 0 Å². The number of ether oxygens (including phenoxy) is 1. The van der Waals surface area contributed by atoms with Gasteiger partial charge in [0, 0.05) is 35.5 Å². The topological polar surface area (TPSA) is 62.9 Å². The summed E-state index contributed by atoms with van der Waals surface area (Å²) in [5.74, 6) is 0.612. The molecule has 0 amide bonds. The van der Waals surface area contributed by atoms with Crippen molar-refractivity contribution in [1.82, 2.24) is 4.90 Å². The van der Waals surface area contributed by atoms with Gasteiger partial charge in [-0.2, -0.15) is 0 Å². The Balaban J connectivity index is 1.37. The van der Waals surface area contributed by atoms with Crippen LogP contribution < -0.4 is 10.4 Å². The molecule has 4 rings (SSSR count). The number of rotatable bonds is 8. The molecule has 2 aromatic heterocycles. The molecule has 0 bridgehead atoms. The van der Waals surface area contributed by atoms with Crippen molar-refractivity contribution in [3.05, 3.63) is 98.0 Å². The molecule has 2 aromatic carbocycles. The second-order valence-corrected chi connectivity index (χ2v) is 8.30. The molecular formula is C24H23NO4S. The van der Waals surface area contributed by atoms with Crippen LogP contribution in [0.1, 0.15) is 21.6 Å². The first-order chi connectivity index (χ1) is 14.6. The van der Waals surface area contributed by atoms with Crippen molar-refractivity contribution in [1.29, 1.82) is 0 Å². The number of thiophene rings is 1. The molecule has 0 atom stereocenters. The molecule has 154 valence electrons. The van der Waals surface area contributed by atoms with E-state index in [0.717, 1.165) is 18.7 Å². The Morgan fingerprint density at radius 3 is 2.57 bits per heavy atom. The van der Waals surface area contributed by atoms with Gasteiger partial charge in [-0.05, 0) is 47.3 Å². The Bertz CT molecular complexity index is 1170. The maximum Gasteiger partial charge on any atom is 0.336 e. The molecule has 1 N–H and O–H groups in total. The molecule has 0 aliphatic carbocycles. The Hall–Kier alpha value is -2.93. The minimum Gasteiger partial charge on any atom is -0.489 e. The van der Waals surface area contributed by atoms with Gasteiger partial charge in [0.15, 0.2) is 0 Å². The van der Waals surface area contributed by atoms with Crippen molar-refractivity contribution < 1.29 is 14.3 Å². The molecule has 0 saturated carbocycles. The van der Waals surface area contributed by atoms with Crippen LogP contribution in [0.4, 0.5) is 0 Å². The second-order valence-electron chi connectivity index (χ2n) is 7.26. The predicted molar refractivity (Wildman–Crippen MR) is 119 cm³/mol. The smallest absolute Gasteiger partial charge is 0.336 e. The highest BCUT2D eigenvalue weighted by Gasteiger charge is 2.07. The molecule has 5 nitrogen and oxygen atoms in total. The van der Waals surface area contributed by atoms with E-state index < -0.39 is 5.63 Å². The van der Waals surface area contributed by atoms with Crippen LogP contribution in [0.5, 0.6) is 5.75 Å². The van der Waals surface area contributed by atoms with Crippen LogP contribution in [0, 0.1) is 0 Å². The lowest BCUT2D eigenvalue weighted by atomic mass is 10.1. The zero-order valence-corrected chi connectivity index (χ0v) is 17.5. The van der Waals surface area contributed by atoms with Crippen LogP contribution in [0.2, 0.25) is 0 Å². The van der Waals surface area contributed by atoms with E-state index in [2.05, 4.69) is 53.7 Å². The number of aliphatic hydroxyl groups is 1. The highest BCUT2D eigenvalue weighted by atomic mass is 32.1. The van der Waals surface area contributed by atoms with Crippen molar-refractivity contribution in [3.8, 4) is 5.75 Å². The summed E-state index contributed by atoms with van der Waals surface area (Å²) in [4.78, 5) is 15.3. The monoisotopic (exact) mass is 421 g/mol. The highest BCUT2D eigenvalue weighted by molar-refractivity contribution is 7.09. The third-order valence-corrected chi connectivity index (χ3v) is 5.72. The first kappa shape index (κ1) is 20.3. The van der Waals surface area contributed by atoms with Crippen LogP contribution >= 0.6 is 11.3 Å². The van der Waals surface area contributed by atoms with Gasteiger partial charge in [0.25, 0.3) is 0 Å². The van der Waals surface area contributed by atoms with Gasteiger partial charge in [-0.1, -0.05) is 30.3 Å². The highest BCUT2D eigenvalue weighted by Crippen LogP contribution is 2.23. The number of fused-ring (bicyclic) bond motifs is 1. The average Bonchev–Trinajstić information content (AvgIpc) is 3.25. The molecule has 4 aromatic rings. The molecule has 30 heavy (non-hydrogen) atoms. The molecule has 2 heterocycles. The largest absolute Gasteiger partial charge is 0.489 e. The molecule has 0 aliphatic rings. The first-order valence-corrected chi connectivity index (χ1v) is 10.6. The van der Waals surface area contributed by atoms with E-state index >= 15 is 0 Å². The van der Waals surface area contributed by atoms with E-state index in [0.29, 0.717) is 28.9 Å². The quantitative estimate of drug-likeness (QED) is 0.423. The van der Waals surface area contributed by atoms with E-state index in [1.807, 2.05) is 6.07 Å². The number of hydrogen-bond acceptors (Lipinski definition) is 6. The lowest BCUT2D eigenvalue weighted by Crippen LogP contribution is -2.16. The lowest BCUT2D eigenvalue weighted by Gasteiger charge is -2.16. The fourth-order valence-electron chi connectivity index (χ4n) is 3.37. The van der Waals surface area contributed by atoms with E-state index in [9.17, 15) is 9.90 Å². The average molecular weight is 422 g/mol. The van der Waals surface area contributed by atoms with Gasteiger partial charge in [-0.25, -0.2) is 4.79 Å². The second kappa shape index (κ2) is 9.26. The van der Waals surface area contributed by atoms with Crippen molar-refractivity contribution in [2.45, 2.75) is 26.3 Å². The zero-order chi connectivity index (χ0) is 20.9. The Morgan fingerprint density at radius 2 is 1.83 bits per heavy atom. The summed E-state index contributed by atoms with van der Waals surface area (Å²) in [6.45, 7) is 2.03. The normalized spacial score (nSPS) is 11.3. The molecule has 0 aliphatic heterocycles. The van der Waals surface area contributed by atoms with Crippen LogP contribution in [0.3, 0.4) is 0 Å². The SMILES string of the molecule is CN(Cc1ccc(COc2ccc3c(CO)cc(=O)oc3c2)cc1)Cc1cccs1. The maximum absolute atomic E-state index is 11.6. The van der Waals surface area contributed by atoms with E-state index in [4.69, 9.17) is 9.15 Å². The maximum atomic E-state index is 11.6. The Morgan fingerprint density at radius 1 is 1.03 bits per heavy atom. The zero-order valence-electron chi connectivity index (χ0n) is 16.7. The summed E-state index contributed by atoms with van der Waals surface area (Å²) in [6, 6.07) is 19.2. The van der Waals surface area contributed by atoms with E-state index in [1.165, 1.54) is 16.5 Å². The van der Waals surface area contributed by atoms with Gasteiger partial charge in [0.1, 0.15) is 17.9 Å². The summed E-state index contributed by atoms with van der Waals surface area (Å²) in [5, 5.41) is 12.2. The van der Waals surface area contributed by atoms with Crippen LogP contribution in [-0.4, -0.2) is 17.1 Å². The van der Waals surface area contributed by atoms with Crippen molar-refractivity contribution in [2.75, 3.05) is 7.05 Å². The fourth-order valence-corrected chi connectivity index (χ4v) is 4.16. The molecule has 0 spiro atoms. The Labute approximate surface area is 178 Å². The number of hydrogen-bond donors (Lipinski definition) is 1. The van der Waals surface area contributed by atoms with Gasteiger partial charge >= 0.3 is 5.63 Å². The molecule has 0 saturated heterocycles. The standard InChI is InChI=1S/C24H23NO4S/c1-25(14-21-3-2-10-30-21)13-17-4-6-18(7-5-17)16-28-20-8-9-22-19(15-26)11-24(27)29-23(22)12-20/h2-12,26H,13-16H2,1H3. The fraction of sp³-hybridized carbons (Fsp3) is 0.208. The van der Waals surface area contributed by atoms with Crippen molar-refractivity contribution >= 4 is 22.3 Å². The lowest BCUT2D eigenvalue weighted by molar-refractivity contribution is 0.282. The van der Waals surface area contributed by atoms with Gasteiger partial charge in [-0.3, -0.25) is 4.90 Å².